The third-order valence-electron chi connectivity index (χ3n) is 2.33. The van der Waals surface area contributed by atoms with Crippen molar-refractivity contribution in [3.05, 3.63) is 16.1 Å². The Morgan fingerprint density at radius 2 is 2.54 bits per heavy atom. The van der Waals surface area contributed by atoms with Crippen LogP contribution in [0.25, 0.3) is 0 Å². The molecule has 2 rings (SSSR count). The summed E-state index contributed by atoms with van der Waals surface area (Å²) < 4.78 is 0. The minimum atomic E-state index is -0.805. The first kappa shape index (κ1) is 8.69. The van der Waals surface area contributed by atoms with E-state index in [1.54, 1.807) is 11.3 Å². The van der Waals surface area contributed by atoms with Gasteiger partial charge in [-0.2, -0.15) is 0 Å². The van der Waals surface area contributed by atoms with E-state index in [-0.39, 0.29) is 6.42 Å². The minimum Gasteiger partial charge on any atom is -0.481 e. The molecule has 1 aromatic heterocycles. The van der Waals surface area contributed by atoms with E-state index >= 15 is 0 Å². The summed E-state index contributed by atoms with van der Waals surface area (Å²) in [5.41, 5.74) is 0.701. The normalized spacial score (nSPS) is 25.9. The first-order valence-corrected chi connectivity index (χ1v) is 5.21. The van der Waals surface area contributed by atoms with Crippen molar-refractivity contribution in [2.75, 3.05) is 0 Å². The summed E-state index contributed by atoms with van der Waals surface area (Å²) in [5.74, 6) is 0.539. The van der Waals surface area contributed by atoms with Crippen LogP contribution in [0.4, 0.5) is 0 Å². The number of nitrogens with zero attached hydrogens (tertiary/aromatic N) is 1. The molecule has 0 aliphatic heterocycles. The number of rotatable bonds is 3. The van der Waals surface area contributed by atoms with Gasteiger partial charge in [-0.25, -0.2) is 4.98 Å². The maximum absolute atomic E-state index is 10.4. The van der Waals surface area contributed by atoms with Crippen LogP contribution < -0.4 is 0 Å². The van der Waals surface area contributed by atoms with Crippen LogP contribution in [0.15, 0.2) is 5.38 Å². The van der Waals surface area contributed by atoms with Gasteiger partial charge in [-0.05, 0) is 12.3 Å². The van der Waals surface area contributed by atoms with Crippen LogP contribution in [-0.4, -0.2) is 16.1 Å². The lowest BCUT2D eigenvalue weighted by molar-refractivity contribution is -0.136. The van der Waals surface area contributed by atoms with Gasteiger partial charge in [0.05, 0.1) is 17.1 Å². The van der Waals surface area contributed by atoms with Gasteiger partial charge in [-0.15, -0.1) is 11.3 Å². The highest BCUT2D eigenvalue weighted by Crippen LogP contribution is 2.47. The van der Waals surface area contributed by atoms with E-state index in [2.05, 4.69) is 11.9 Å². The van der Waals surface area contributed by atoms with Crippen LogP contribution in [0.3, 0.4) is 0 Å². The molecule has 0 amide bonds. The standard InChI is InChI=1S/C9H11NO2S/c1-5-2-7(5)9-10-6(4-13-9)3-8(11)12/h4-5,7H,2-3H2,1H3,(H,11,12). The van der Waals surface area contributed by atoms with Crippen LogP contribution in [0.5, 0.6) is 0 Å². The van der Waals surface area contributed by atoms with Gasteiger partial charge in [0, 0.05) is 11.3 Å². The maximum atomic E-state index is 10.4. The summed E-state index contributed by atoms with van der Waals surface area (Å²) in [6, 6.07) is 0. The molecule has 1 aromatic rings. The molecule has 1 N–H and O–H groups in total. The van der Waals surface area contributed by atoms with E-state index in [0.717, 1.165) is 10.9 Å². The highest BCUT2D eigenvalue weighted by molar-refractivity contribution is 7.09. The lowest BCUT2D eigenvalue weighted by Gasteiger charge is -1.89. The molecule has 1 aliphatic carbocycles. The highest BCUT2D eigenvalue weighted by atomic mass is 32.1. The summed E-state index contributed by atoms with van der Waals surface area (Å²) in [7, 11) is 0. The van der Waals surface area contributed by atoms with Crippen molar-refractivity contribution in [1.82, 2.24) is 4.98 Å². The predicted octanol–water partition coefficient (Wildman–Crippen LogP) is 1.89. The molecule has 1 fully saturated rings. The smallest absolute Gasteiger partial charge is 0.309 e. The number of carboxylic acid groups (broad SMARTS) is 1. The zero-order chi connectivity index (χ0) is 9.42. The van der Waals surface area contributed by atoms with Gasteiger partial charge in [0.1, 0.15) is 0 Å². The van der Waals surface area contributed by atoms with Gasteiger partial charge in [0.2, 0.25) is 0 Å². The SMILES string of the molecule is CC1CC1c1nc(CC(=O)O)cs1. The number of thiazole rings is 1. The first-order chi connectivity index (χ1) is 6.16. The van der Waals surface area contributed by atoms with E-state index in [1.807, 2.05) is 5.38 Å². The molecule has 70 valence electrons. The third kappa shape index (κ3) is 1.88. The monoisotopic (exact) mass is 197 g/mol. The van der Waals surface area contributed by atoms with Gasteiger partial charge < -0.3 is 5.11 Å². The van der Waals surface area contributed by atoms with Gasteiger partial charge in [-0.3, -0.25) is 4.79 Å². The van der Waals surface area contributed by atoms with Crippen molar-refractivity contribution in [2.45, 2.75) is 25.7 Å². The Kier molecular flexibility index (Phi) is 2.07. The second kappa shape index (κ2) is 3.10. The van der Waals surface area contributed by atoms with E-state index in [4.69, 9.17) is 5.11 Å². The van der Waals surface area contributed by atoms with E-state index in [1.165, 1.54) is 6.42 Å². The molecular formula is C9H11NO2S. The zero-order valence-electron chi connectivity index (χ0n) is 7.36. The van der Waals surface area contributed by atoms with Crippen molar-refractivity contribution in [3.63, 3.8) is 0 Å². The Balaban J connectivity index is 2.05. The Hall–Kier alpha value is -0.900. The first-order valence-electron chi connectivity index (χ1n) is 4.33. The number of carbonyl (C=O) groups is 1. The Bertz CT molecular complexity index is 334. The molecule has 3 nitrogen and oxygen atoms in total. The zero-order valence-corrected chi connectivity index (χ0v) is 8.17. The van der Waals surface area contributed by atoms with Crippen LogP contribution in [0, 0.1) is 5.92 Å². The van der Waals surface area contributed by atoms with E-state index < -0.39 is 5.97 Å². The molecule has 13 heavy (non-hydrogen) atoms. The molecular weight excluding hydrogens is 186 g/mol. The second-order valence-corrected chi connectivity index (χ2v) is 4.46. The van der Waals surface area contributed by atoms with Gasteiger partial charge >= 0.3 is 5.97 Å². The van der Waals surface area contributed by atoms with E-state index in [9.17, 15) is 4.79 Å². The maximum Gasteiger partial charge on any atom is 0.309 e. The molecule has 2 unspecified atom stereocenters. The largest absolute Gasteiger partial charge is 0.481 e. The fourth-order valence-electron chi connectivity index (χ4n) is 1.40. The minimum absolute atomic E-state index is 0.0532. The Labute approximate surface area is 80.4 Å². The third-order valence-corrected chi connectivity index (χ3v) is 3.35. The average molecular weight is 197 g/mol. The summed E-state index contributed by atoms with van der Waals surface area (Å²) in [6.07, 6.45) is 1.26. The molecule has 1 saturated carbocycles. The summed E-state index contributed by atoms with van der Waals surface area (Å²) in [6.45, 7) is 2.20. The second-order valence-electron chi connectivity index (χ2n) is 3.57. The molecule has 0 bridgehead atoms. The average Bonchev–Trinajstić information content (AvgIpc) is 2.60. The highest BCUT2D eigenvalue weighted by Gasteiger charge is 2.36. The molecule has 4 heteroatoms. The molecule has 2 atom stereocenters. The van der Waals surface area contributed by atoms with Crippen molar-refractivity contribution in [3.8, 4) is 0 Å². The lowest BCUT2D eigenvalue weighted by Crippen LogP contribution is -2.00. The lowest BCUT2D eigenvalue weighted by atomic mass is 10.3. The van der Waals surface area contributed by atoms with Gasteiger partial charge in [-0.1, -0.05) is 6.92 Å². The quantitative estimate of drug-likeness (QED) is 0.805. The van der Waals surface area contributed by atoms with Crippen LogP contribution in [-0.2, 0) is 11.2 Å². The molecule has 0 radical (unpaired) electrons. The Morgan fingerprint density at radius 1 is 1.85 bits per heavy atom. The number of aliphatic carboxylic acids is 1. The van der Waals surface area contributed by atoms with Crippen LogP contribution in [0.1, 0.15) is 30.0 Å². The van der Waals surface area contributed by atoms with Crippen molar-refractivity contribution in [1.29, 1.82) is 0 Å². The van der Waals surface area contributed by atoms with Crippen molar-refractivity contribution < 1.29 is 9.90 Å². The number of carboxylic acids is 1. The molecule has 0 spiro atoms. The van der Waals surface area contributed by atoms with E-state index in [0.29, 0.717) is 11.6 Å². The van der Waals surface area contributed by atoms with Crippen LogP contribution >= 0.6 is 11.3 Å². The molecule has 1 aliphatic rings. The number of hydrogen-bond donors (Lipinski definition) is 1. The fourth-order valence-corrected chi connectivity index (χ4v) is 2.46. The summed E-state index contributed by atoms with van der Waals surface area (Å²) >= 11 is 1.59. The summed E-state index contributed by atoms with van der Waals surface area (Å²) in [5, 5.41) is 11.5. The predicted molar refractivity (Wildman–Crippen MR) is 50.0 cm³/mol. The summed E-state index contributed by atoms with van der Waals surface area (Å²) in [4.78, 5) is 14.7. The molecule has 0 saturated heterocycles. The molecule has 1 heterocycles. The van der Waals surface area contributed by atoms with Crippen LogP contribution in [0.2, 0.25) is 0 Å². The number of hydrogen-bond acceptors (Lipinski definition) is 3. The number of aromatic nitrogens is 1. The fraction of sp³-hybridized carbons (Fsp3) is 0.556. The van der Waals surface area contributed by atoms with Crippen molar-refractivity contribution in [2.24, 2.45) is 5.92 Å². The molecule has 0 aromatic carbocycles. The van der Waals surface area contributed by atoms with Gasteiger partial charge in [0.15, 0.2) is 0 Å². The Morgan fingerprint density at radius 3 is 3.08 bits per heavy atom. The topological polar surface area (TPSA) is 50.2 Å². The van der Waals surface area contributed by atoms with Crippen molar-refractivity contribution >= 4 is 17.3 Å². The van der Waals surface area contributed by atoms with Gasteiger partial charge in [0.25, 0.3) is 0 Å².